The average molecular weight is 480 g/mol. The zero-order valence-corrected chi connectivity index (χ0v) is 20.8. The predicted octanol–water partition coefficient (Wildman–Crippen LogP) is 4.47. The third-order valence-corrected chi connectivity index (χ3v) is 6.06. The lowest BCUT2D eigenvalue weighted by Crippen LogP contribution is -2.32. The first-order valence-corrected chi connectivity index (χ1v) is 11.6. The second-order valence-corrected chi connectivity index (χ2v) is 8.64. The minimum atomic E-state index is -0.523. The molecule has 0 bridgehead atoms. The van der Waals surface area contributed by atoms with Crippen molar-refractivity contribution in [1.29, 1.82) is 0 Å². The largest absolute Gasteiger partial charge is 0.378 e. The molecule has 1 heterocycles. The van der Waals surface area contributed by atoms with Gasteiger partial charge in [-0.25, -0.2) is 5.43 Å². The predicted molar refractivity (Wildman–Crippen MR) is 146 cm³/mol. The van der Waals surface area contributed by atoms with Crippen LogP contribution in [0, 0.1) is 6.92 Å². The van der Waals surface area contributed by atoms with E-state index in [0.717, 1.165) is 33.4 Å². The Balaban J connectivity index is 1.59. The molecule has 4 rings (SSSR count). The molecule has 0 radical (unpaired) electrons. The zero-order valence-electron chi connectivity index (χ0n) is 20.8. The topological polar surface area (TPSA) is 78.7 Å². The van der Waals surface area contributed by atoms with Gasteiger partial charge in [-0.15, -0.1) is 0 Å². The number of carbonyl (C=O) groups excluding carboxylic acids is 2. The summed E-state index contributed by atoms with van der Waals surface area (Å²) in [4.78, 5) is 27.9. The molecule has 36 heavy (non-hydrogen) atoms. The standard InChI is InChI=1S/C29H29N5O2/c1-20-25(24-12-8-9-13-27(24)34(20)4)19-30-32-29(36)26(31-28(35)22-10-6-5-7-11-22)18-21-14-16-23(17-15-21)33(2)3/h5-19H,1-4H3,(H,31,35)(H,32,36)/b26-18-,30-19-. The van der Waals surface area contributed by atoms with Crippen LogP contribution in [0.15, 0.2) is 89.7 Å². The van der Waals surface area contributed by atoms with Crippen LogP contribution in [0.25, 0.3) is 17.0 Å². The average Bonchev–Trinajstić information content (AvgIpc) is 3.14. The van der Waals surface area contributed by atoms with Gasteiger partial charge in [0, 0.05) is 54.6 Å². The number of hydrogen-bond acceptors (Lipinski definition) is 4. The fourth-order valence-corrected chi connectivity index (χ4v) is 3.91. The van der Waals surface area contributed by atoms with Crippen molar-refractivity contribution in [1.82, 2.24) is 15.3 Å². The molecule has 4 aromatic rings. The highest BCUT2D eigenvalue weighted by atomic mass is 16.2. The molecule has 7 nitrogen and oxygen atoms in total. The third-order valence-electron chi connectivity index (χ3n) is 6.06. The molecule has 2 N–H and O–H groups in total. The van der Waals surface area contributed by atoms with Gasteiger partial charge in [0.15, 0.2) is 0 Å². The smallest absolute Gasteiger partial charge is 0.287 e. The fourth-order valence-electron chi connectivity index (χ4n) is 3.91. The van der Waals surface area contributed by atoms with E-state index >= 15 is 0 Å². The maximum absolute atomic E-state index is 13.1. The first-order chi connectivity index (χ1) is 17.3. The first kappa shape index (κ1) is 24.5. The Morgan fingerprint density at radius 3 is 2.28 bits per heavy atom. The van der Waals surface area contributed by atoms with Gasteiger partial charge in [-0.1, -0.05) is 48.5 Å². The number of amides is 2. The normalized spacial score (nSPS) is 11.6. The molecule has 0 fully saturated rings. The summed E-state index contributed by atoms with van der Waals surface area (Å²) in [5.74, 6) is -0.902. The van der Waals surface area contributed by atoms with Crippen LogP contribution in [-0.4, -0.2) is 36.7 Å². The minimum absolute atomic E-state index is 0.0910. The molecule has 0 atom stereocenters. The molecule has 0 saturated carbocycles. The number of aromatic nitrogens is 1. The summed E-state index contributed by atoms with van der Waals surface area (Å²) >= 11 is 0. The summed E-state index contributed by atoms with van der Waals surface area (Å²) in [5, 5.41) is 7.99. The van der Waals surface area contributed by atoms with Gasteiger partial charge in [0.25, 0.3) is 11.8 Å². The Bertz CT molecular complexity index is 1450. The monoisotopic (exact) mass is 479 g/mol. The summed E-state index contributed by atoms with van der Waals surface area (Å²) in [6, 6.07) is 24.5. The lowest BCUT2D eigenvalue weighted by atomic mass is 10.1. The van der Waals surface area contributed by atoms with Gasteiger partial charge < -0.3 is 14.8 Å². The number of carbonyl (C=O) groups is 2. The Morgan fingerprint density at radius 2 is 1.58 bits per heavy atom. The van der Waals surface area contributed by atoms with Crippen LogP contribution in [-0.2, 0) is 11.8 Å². The van der Waals surface area contributed by atoms with E-state index in [4.69, 9.17) is 0 Å². The Morgan fingerprint density at radius 1 is 0.917 bits per heavy atom. The van der Waals surface area contributed by atoms with Crippen molar-refractivity contribution in [2.75, 3.05) is 19.0 Å². The molecule has 0 aliphatic rings. The molecule has 1 aromatic heterocycles. The zero-order chi connectivity index (χ0) is 25.7. The van der Waals surface area contributed by atoms with Gasteiger partial charge in [-0.3, -0.25) is 9.59 Å². The van der Waals surface area contributed by atoms with Gasteiger partial charge in [-0.05, 0) is 48.9 Å². The van der Waals surface area contributed by atoms with Crippen LogP contribution in [0.4, 0.5) is 5.69 Å². The van der Waals surface area contributed by atoms with E-state index in [0.29, 0.717) is 5.56 Å². The number of nitrogens with zero attached hydrogens (tertiary/aromatic N) is 3. The summed E-state index contributed by atoms with van der Waals surface area (Å²) < 4.78 is 2.08. The van der Waals surface area contributed by atoms with E-state index in [9.17, 15) is 9.59 Å². The van der Waals surface area contributed by atoms with Gasteiger partial charge in [0.2, 0.25) is 0 Å². The summed E-state index contributed by atoms with van der Waals surface area (Å²) in [5.41, 5.74) is 7.95. The molecule has 0 unspecified atom stereocenters. The highest BCUT2D eigenvalue weighted by molar-refractivity contribution is 6.06. The maximum Gasteiger partial charge on any atom is 0.287 e. The molecular weight excluding hydrogens is 450 g/mol. The van der Waals surface area contributed by atoms with Crippen LogP contribution in [0.2, 0.25) is 0 Å². The molecule has 3 aromatic carbocycles. The SMILES string of the molecule is Cc1c(/C=N\NC(=O)/C(=C/c2ccc(N(C)C)cc2)NC(=O)c2ccccc2)c2ccccc2n1C. The molecule has 0 aliphatic heterocycles. The Hall–Kier alpha value is -4.65. The molecule has 182 valence electrons. The van der Waals surface area contributed by atoms with Gasteiger partial charge in [0.05, 0.1) is 6.21 Å². The number of para-hydroxylation sites is 1. The van der Waals surface area contributed by atoms with Crippen molar-refractivity contribution in [2.45, 2.75) is 6.92 Å². The minimum Gasteiger partial charge on any atom is -0.378 e. The van der Waals surface area contributed by atoms with E-state index in [1.165, 1.54) is 0 Å². The number of aryl methyl sites for hydroxylation is 1. The summed E-state index contributed by atoms with van der Waals surface area (Å²) in [6.07, 6.45) is 3.27. The number of benzene rings is 3. The quantitative estimate of drug-likeness (QED) is 0.233. The second-order valence-electron chi connectivity index (χ2n) is 8.64. The van der Waals surface area contributed by atoms with Gasteiger partial charge >= 0.3 is 0 Å². The lowest BCUT2D eigenvalue weighted by molar-refractivity contribution is -0.117. The van der Waals surface area contributed by atoms with E-state index in [1.807, 2.05) is 87.6 Å². The van der Waals surface area contributed by atoms with Crippen molar-refractivity contribution in [3.8, 4) is 0 Å². The van der Waals surface area contributed by atoms with Crippen LogP contribution < -0.4 is 15.6 Å². The van der Waals surface area contributed by atoms with Crippen molar-refractivity contribution in [3.05, 3.63) is 107 Å². The molecule has 7 heteroatoms. The van der Waals surface area contributed by atoms with E-state index < -0.39 is 5.91 Å². The fraction of sp³-hybridized carbons (Fsp3) is 0.138. The molecule has 2 amide bonds. The number of fused-ring (bicyclic) bond motifs is 1. The van der Waals surface area contributed by atoms with E-state index in [1.54, 1.807) is 36.6 Å². The van der Waals surface area contributed by atoms with Crippen molar-refractivity contribution >= 4 is 40.7 Å². The number of anilines is 1. The summed E-state index contributed by atoms with van der Waals surface area (Å²) in [6.45, 7) is 2.01. The number of hydrogen-bond donors (Lipinski definition) is 2. The Labute approximate surface area is 210 Å². The van der Waals surface area contributed by atoms with Crippen molar-refractivity contribution in [3.63, 3.8) is 0 Å². The molecular formula is C29H29N5O2. The molecule has 0 spiro atoms. The van der Waals surface area contributed by atoms with Crippen LogP contribution >= 0.6 is 0 Å². The molecule has 0 aliphatic carbocycles. The number of hydrazone groups is 1. The highest BCUT2D eigenvalue weighted by Crippen LogP contribution is 2.23. The number of nitrogens with one attached hydrogen (secondary N) is 2. The van der Waals surface area contributed by atoms with Crippen LogP contribution in [0.3, 0.4) is 0 Å². The Kier molecular flexibility index (Phi) is 7.30. The second kappa shape index (κ2) is 10.7. The third kappa shape index (κ3) is 5.36. The van der Waals surface area contributed by atoms with E-state index in [-0.39, 0.29) is 11.6 Å². The maximum atomic E-state index is 13.1. The first-order valence-electron chi connectivity index (χ1n) is 11.6. The lowest BCUT2D eigenvalue weighted by Gasteiger charge is -2.12. The van der Waals surface area contributed by atoms with Crippen LogP contribution in [0.1, 0.15) is 27.2 Å². The molecule has 0 saturated heterocycles. The van der Waals surface area contributed by atoms with Crippen molar-refractivity contribution < 1.29 is 9.59 Å². The van der Waals surface area contributed by atoms with E-state index in [2.05, 4.69) is 20.4 Å². The van der Waals surface area contributed by atoms with Crippen molar-refractivity contribution in [2.24, 2.45) is 12.1 Å². The van der Waals surface area contributed by atoms with Gasteiger partial charge in [-0.2, -0.15) is 5.10 Å². The summed E-state index contributed by atoms with van der Waals surface area (Å²) in [7, 11) is 5.91. The number of rotatable bonds is 7. The highest BCUT2D eigenvalue weighted by Gasteiger charge is 2.15. The van der Waals surface area contributed by atoms with Crippen LogP contribution in [0.5, 0.6) is 0 Å². The van der Waals surface area contributed by atoms with Gasteiger partial charge in [0.1, 0.15) is 5.70 Å².